The molecule has 0 fully saturated rings. The number of benzene rings is 1. The largest absolute Gasteiger partial charge is 0.444 e. The van der Waals surface area contributed by atoms with Gasteiger partial charge in [-0.1, -0.05) is 18.1 Å². The maximum atomic E-state index is 13.5. The highest BCUT2D eigenvalue weighted by atomic mass is 32.1. The summed E-state index contributed by atoms with van der Waals surface area (Å²) in [5.41, 5.74) is 0.559. The van der Waals surface area contributed by atoms with Gasteiger partial charge in [-0.25, -0.2) is 4.79 Å². The van der Waals surface area contributed by atoms with Crippen molar-refractivity contribution >= 4 is 30.5 Å². The molecule has 0 saturated carbocycles. The molecule has 2 atom stereocenters. The van der Waals surface area contributed by atoms with E-state index in [0.29, 0.717) is 11.1 Å². The third kappa shape index (κ3) is 8.12. The number of nitrogens with one attached hydrogen (secondary N) is 2. The number of thiol groups is 1. The maximum absolute atomic E-state index is 13.5. The van der Waals surface area contributed by atoms with Gasteiger partial charge in [-0.3, -0.25) is 9.59 Å². The fraction of sp³-hybridized carbons (Fsp3) is 0.542. The summed E-state index contributed by atoms with van der Waals surface area (Å²) in [6.07, 6.45) is 4.72. The van der Waals surface area contributed by atoms with E-state index in [9.17, 15) is 14.4 Å². The summed E-state index contributed by atoms with van der Waals surface area (Å²) in [4.78, 5) is 40.5. The Morgan fingerprint density at radius 3 is 2.06 bits per heavy atom. The molecule has 0 aliphatic rings. The van der Waals surface area contributed by atoms with Gasteiger partial charge < -0.3 is 20.3 Å². The van der Waals surface area contributed by atoms with Gasteiger partial charge in [0, 0.05) is 23.4 Å². The maximum Gasteiger partial charge on any atom is 0.408 e. The molecule has 3 amide bonds. The van der Waals surface area contributed by atoms with Gasteiger partial charge >= 0.3 is 6.09 Å². The molecule has 176 valence electrons. The molecule has 2 unspecified atom stereocenters. The second-order valence-corrected chi connectivity index (χ2v) is 9.42. The van der Waals surface area contributed by atoms with Crippen molar-refractivity contribution in [3.8, 4) is 12.3 Å². The quantitative estimate of drug-likeness (QED) is 0.410. The van der Waals surface area contributed by atoms with Gasteiger partial charge in [0.05, 0.1) is 0 Å². The van der Waals surface area contributed by atoms with Crippen molar-refractivity contribution in [2.24, 2.45) is 0 Å². The molecule has 7 nitrogen and oxygen atoms in total. The van der Waals surface area contributed by atoms with Gasteiger partial charge in [0.2, 0.25) is 11.8 Å². The van der Waals surface area contributed by atoms with Crippen LogP contribution in [0.15, 0.2) is 24.3 Å². The van der Waals surface area contributed by atoms with Crippen LogP contribution in [0.4, 0.5) is 4.79 Å². The van der Waals surface area contributed by atoms with E-state index in [0.717, 1.165) is 0 Å². The number of rotatable bonds is 8. The van der Waals surface area contributed by atoms with E-state index in [1.807, 2.05) is 27.7 Å². The summed E-state index contributed by atoms with van der Waals surface area (Å²) in [6.45, 7) is 12.5. The van der Waals surface area contributed by atoms with Crippen LogP contribution in [0.3, 0.4) is 0 Å². The molecule has 8 heteroatoms. The predicted molar refractivity (Wildman–Crippen MR) is 129 cm³/mol. The summed E-state index contributed by atoms with van der Waals surface area (Å²) < 4.78 is 5.28. The molecule has 0 saturated heterocycles. The monoisotopic (exact) mass is 461 g/mol. The molecule has 0 bridgehead atoms. The van der Waals surface area contributed by atoms with Gasteiger partial charge in [-0.05, 0) is 66.2 Å². The number of carbonyl (C=O) groups is 3. The van der Waals surface area contributed by atoms with Crippen LogP contribution in [0.5, 0.6) is 0 Å². The second-order valence-electron chi connectivity index (χ2n) is 9.05. The van der Waals surface area contributed by atoms with Crippen molar-refractivity contribution in [2.75, 3.05) is 5.75 Å². The van der Waals surface area contributed by atoms with Gasteiger partial charge in [0.25, 0.3) is 0 Å². The number of nitrogens with zero attached hydrogens (tertiary/aromatic N) is 1. The summed E-state index contributed by atoms with van der Waals surface area (Å²) in [5, 5.41) is 5.46. The first kappa shape index (κ1) is 27.4. The highest BCUT2D eigenvalue weighted by Gasteiger charge is 2.37. The van der Waals surface area contributed by atoms with Crippen LogP contribution in [-0.2, 0) is 14.3 Å². The Morgan fingerprint density at radius 2 is 1.66 bits per heavy atom. The van der Waals surface area contributed by atoms with Crippen LogP contribution in [-0.4, -0.2) is 52.3 Å². The van der Waals surface area contributed by atoms with Crippen molar-refractivity contribution in [3.05, 3.63) is 35.4 Å². The molecule has 0 aliphatic heterocycles. The highest BCUT2D eigenvalue weighted by Crippen LogP contribution is 2.26. The number of hydrogen-bond acceptors (Lipinski definition) is 5. The van der Waals surface area contributed by atoms with Crippen molar-refractivity contribution in [2.45, 2.75) is 78.2 Å². The minimum atomic E-state index is -0.977. The SMILES string of the molecule is C#Cc1ccc(C(C(=O)NC(C)C)N(C(=O)C(CS)NC(=O)OC(C)(C)C)C(C)C)cc1. The fourth-order valence-electron chi connectivity index (χ4n) is 3.06. The van der Waals surface area contributed by atoms with E-state index in [-0.39, 0.29) is 23.7 Å². The number of ether oxygens (including phenoxy) is 1. The van der Waals surface area contributed by atoms with Crippen molar-refractivity contribution in [3.63, 3.8) is 0 Å². The van der Waals surface area contributed by atoms with E-state index in [4.69, 9.17) is 11.2 Å². The molecule has 0 heterocycles. The molecule has 32 heavy (non-hydrogen) atoms. The van der Waals surface area contributed by atoms with E-state index in [1.165, 1.54) is 4.90 Å². The van der Waals surface area contributed by atoms with Crippen molar-refractivity contribution in [1.82, 2.24) is 15.5 Å². The van der Waals surface area contributed by atoms with Crippen molar-refractivity contribution < 1.29 is 19.1 Å². The van der Waals surface area contributed by atoms with Gasteiger partial charge in [-0.15, -0.1) is 6.42 Å². The van der Waals surface area contributed by atoms with E-state index < -0.39 is 29.7 Å². The number of alkyl carbamates (subject to hydrolysis) is 1. The molecule has 0 aliphatic carbocycles. The van der Waals surface area contributed by atoms with Crippen LogP contribution < -0.4 is 10.6 Å². The van der Waals surface area contributed by atoms with Crippen LogP contribution in [0.25, 0.3) is 0 Å². The molecular weight excluding hydrogens is 426 g/mol. The first-order valence-electron chi connectivity index (χ1n) is 10.6. The molecule has 0 radical (unpaired) electrons. The number of terminal acetylenes is 1. The van der Waals surface area contributed by atoms with Gasteiger partial charge in [0.15, 0.2) is 0 Å². The molecular formula is C24H35N3O4S. The van der Waals surface area contributed by atoms with Crippen LogP contribution in [0.2, 0.25) is 0 Å². The van der Waals surface area contributed by atoms with Crippen LogP contribution >= 0.6 is 12.6 Å². The summed E-state index contributed by atoms with van der Waals surface area (Å²) >= 11 is 4.25. The Hall–Kier alpha value is -2.66. The number of carbonyl (C=O) groups excluding carboxylic acids is 3. The first-order chi connectivity index (χ1) is 14.8. The van der Waals surface area contributed by atoms with E-state index in [1.54, 1.807) is 45.0 Å². The zero-order valence-corrected chi connectivity index (χ0v) is 20.8. The van der Waals surface area contributed by atoms with Crippen LogP contribution in [0.1, 0.15) is 65.6 Å². The fourth-order valence-corrected chi connectivity index (χ4v) is 3.31. The van der Waals surface area contributed by atoms with Gasteiger partial charge in [0.1, 0.15) is 17.7 Å². The predicted octanol–water partition coefficient (Wildman–Crippen LogP) is 3.29. The molecule has 1 aromatic rings. The standard InChI is InChI=1S/C24H35N3O4S/c1-9-17-10-12-18(13-11-17)20(21(28)25-15(2)3)27(16(4)5)22(29)19(14-32)26-23(30)31-24(6,7)8/h1,10-13,15-16,19-20,32H,14H2,2-8H3,(H,25,28)(H,26,30). The lowest BCUT2D eigenvalue weighted by Crippen LogP contribution is -2.56. The zero-order chi connectivity index (χ0) is 24.6. The molecule has 1 aromatic carbocycles. The summed E-state index contributed by atoms with van der Waals surface area (Å²) in [7, 11) is 0. The smallest absolute Gasteiger partial charge is 0.408 e. The highest BCUT2D eigenvalue weighted by molar-refractivity contribution is 7.80. The number of hydrogen-bond donors (Lipinski definition) is 3. The topological polar surface area (TPSA) is 87.7 Å². The van der Waals surface area contributed by atoms with E-state index in [2.05, 4.69) is 29.2 Å². The molecule has 0 aromatic heterocycles. The lowest BCUT2D eigenvalue weighted by atomic mass is 9.99. The van der Waals surface area contributed by atoms with Crippen molar-refractivity contribution in [1.29, 1.82) is 0 Å². The zero-order valence-electron chi connectivity index (χ0n) is 19.9. The average molecular weight is 462 g/mol. The third-order valence-corrected chi connectivity index (χ3v) is 4.70. The Kier molecular flexibility index (Phi) is 10.1. The normalized spacial score (nSPS) is 13.2. The Labute approximate surface area is 197 Å². The lowest BCUT2D eigenvalue weighted by molar-refractivity contribution is -0.144. The Balaban J connectivity index is 3.36. The number of amides is 3. The average Bonchev–Trinajstić information content (AvgIpc) is 2.67. The molecule has 0 spiro atoms. The Bertz CT molecular complexity index is 838. The second kappa shape index (κ2) is 11.8. The Morgan fingerprint density at radius 1 is 1.09 bits per heavy atom. The third-order valence-electron chi connectivity index (χ3n) is 4.33. The van der Waals surface area contributed by atoms with Crippen LogP contribution in [0, 0.1) is 12.3 Å². The summed E-state index contributed by atoms with van der Waals surface area (Å²) in [5.74, 6) is 1.81. The van der Waals surface area contributed by atoms with E-state index >= 15 is 0 Å². The molecule has 1 rings (SSSR count). The minimum absolute atomic E-state index is 0.0375. The summed E-state index contributed by atoms with van der Waals surface area (Å²) in [6, 6.07) is 4.56. The minimum Gasteiger partial charge on any atom is -0.444 e. The lowest BCUT2D eigenvalue weighted by Gasteiger charge is -2.37. The molecule has 2 N–H and O–H groups in total. The van der Waals surface area contributed by atoms with Gasteiger partial charge in [-0.2, -0.15) is 12.6 Å². The first-order valence-corrected chi connectivity index (χ1v) is 11.2.